The molecule has 37 heavy (non-hydrogen) atoms. The van der Waals surface area contributed by atoms with Crippen molar-refractivity contribution in [2.24, 2.45) is 0 Å². The van der Waals surface area contributed by atoms with Crippen LogP contribution in [0.3, 0.4) is 0 Å². The maximum Gasteiger partial charge on any atom is 0.225 e. The molecule has 1 aliphatic carbocycles. The van der Waals surface area contributed by atoms with Gasteiger partial charge in [-0.25, -0.2) is 9.97 Å². The number of phenols is 1. The molecule has 0 unspecified atom stereocenters. The highest BCUT2D eigenvalue weighted by atomic mass is 16.3. The van der Waals surface area contributed by atoms with Gasteiger partial charge in [0.15, 0.2) is 5.65 Å². The van der Waals surface area contributed by atoms with Crippen molar-refractivity contribution in [1.82, 2.24) is 30.0 Å². The average Bonchev–Trinajstić information content (AvgIpc) is 3.28. The highest BCUT2D eigenvalue weighted by Gasteiger charge is 2.32. The van der Waals surface area contributed by atoms with Gasteiger partial charge in [0, 0.05) is 53.6 Å². The molecule has 0 spiro atoms. The molecule has 7 rings (SSSR count). The second kappa shape index (κ2) is 9.10. The molecule has 4 aromatic rings. The van der Waals surface area contributed by atoms with E-state index >= 15 is 0 Å². The standard InChI is InChI=1S/C29H33N7O/c1-18-27-23-15-25(22-7-2-3-8-26(22)37)33-34-28(23)32-24(27)11-14-36(18)29-30-16-20(17-31-29)19-9-12-35(13-10-19)21-5-4-6-21/h2-3,7-8,15-19,21,37H,4-6,9-14H2,1H3,(H,32,34)/t18-/m1/s1. The van der Waals surface area contributed by atoms with Crippen LogP contribution in [0.5, 0.6) is 5.75 Å². The van der Waals surface area contributed by atoms with Crippen LogP contribution in [0.1, 0.15) is 67.8 Å². The molecule has 0 bridgehead atoms. The molecule has 0 amide bonds. The average molecular weight is 496 g/mol. The maximum atomic E-state index is 10.3. The summed E-state index contributed by atoms with van der Waals surface area (Å²) in [4.78, 5) is 18.2. The molecule has 8 heteroatoms. The van der Waals surface area contributed by atoms with Crippen molar-refractivity contribution >= 4 is 17.0 Å². The minimum atomic E-state index is 0.0930. The van der Waals surface area contributed by atoms with E-state index in [0.29, 0.717) is 17.2 Å². The van der Waals surface area contributed by atoms with Gasteiger partial charge in [-0.05, 0) is 75.4 Å². The third kappa shape index (κ3) is 3.94. The number of para-hydroxylation sites is 1. The number of nitrogens with zero attached hydrogens (tertiary/aromatic N) is 6. The summed E-state index contributed by atoms with van der Waals surface area (Å²) in [7, 11) is 0. The molecule has 3 aromatic heterocycles. The van der Waals surface area contributed by atoms with Gasteiger partial charge in [0.25, 0.3) is 0 Å². The molecule has 2 N–H and O–H groups in total. The van der Waals surface area contributed by atoms with E-state index in [4.69, 9.17) is 9.97 Å². The number of hydrogen-bond donors (Lipinski definition) is 2. The first kappa shape index (κ1) is 22.7. The minimum Gasteiger partial charge on any atom is -0.507 e. The number of aromatic amines is 1. The highest BCUT2D eigenvalue weighted by molar-refractivity contribution is 5.86. The van der Waals surface area contributed by atoms with Crippen molar-refractivity contribution in [2.75, 3.05) is 24.5 Å². The van der Waals surface area contributed by atoms with E-state index < -0.39 is 0 Å². The molecule has 1 saturated carbocycles. The zero-order chi connectivity index (χ0) is 24.9. The number of hydrogen-bond acceptors (Lipinski definition) is 7. The molecule has 2 fully saturated rings. The van der Waals surface area contributed by atoms with Gasteiger partial charge in [0.1, 0.15) is 5.75 Å². The number of fused-ring (bicyclic) bond motifs is 3. The quantitative estimate of drug-likeness (QED) is 0.413. The number of H-pyrrole nitrogens is 1. The number of phenolic OH excluding ortho intramolecular Hbond substituents is 1. The normalized spacial score (nSPS) is 21.2. The Bertz CT molecular complexity index is 1420. The number of anilines is 1. The number of likely N-dealkylation sites (tertiary alicyclic amines) is 1. The van der Waals surface area contributed by atoms with Gasteiger partial charge in [0.2, 0.25) is 5.95 Å². The Labute approximate surface area is 216 Å². The number of piperidine rings is 1. The predicted molar refractivity (Wildman–Crippen MR) is 144 cm³/mol. The Balaban J connectivity index is 1.12. The molecule has 1 aromatic carbocycles. The third-order valence-electron chi connectivity index (χ3n) is 8.85. The van der Waals surface area contributed by atoms with E-state index in [1.807, 2.05) is 24.3 Å². The SMILES string of the molecule is C[C@@H]1c2c([nH]c3nnc(-c4ccccc4O)cc23)CCN1c1ncc(C2CCN(C3CCC3)CC2)cn1. The van der Waals surface area contributed by atoms with Crippen LogP contribution < -0.4 is 4.90 Å². The molecule has 190 valence electrons. The van der Waals surface area contributed by atoms with Crippen molar-refractivity contribution in [2.45, 2.75) is 63.5 Å². The third-order valence-corrected chi connectivity index (χ3v) is 8.85. The van der Waals surface area contributed by atoms with Crippen molar-refractivity contribution in [3.05, 3.63) is 59.5 Å². The van der Waals surface area contributed by atoms with E-state index in [1.165, 1.54) is 62.0 Å². The molecular formula is C29H33N7O. The lowest BCUT2D eigenvalue weighted by molar-refractivity contribution is 0.0974. The van der Waals surface area contributed by atoms with E-state index in [0.717, 1.165) is 36.0 Å². The first-order valence-electron chi connectivity index (χ1n) is 13.6. The van der Waals surface area contributed by atoms with E-state index in [9.17, 15) is 5.11 Å². The summed E-state index contributed by atoms with van der Waals surface area (Å²) in [5.41, 5.74) is 5.81. The number of nitrogens with one attached hydrogen (secondary N) is 1. The van der Waals surface area contributed by atoms with Crippen molar-refractivity contribution in [3.8, 4) is 17.0 Å². The minimum absolute atomic E-state index is 0.0930. The van der Waals surface area contributed by atoms with Crippen LogP contribution >= 0.6 is 0 Å². The van der Waals surface area contributed by atoms with E-state index in [2.05, 4.69) is 44.3 Å². The second-order valence-corrected chi connectivity index (χ2v) is 10.9. The van der Waals surface area contributed by atoms with Gasteiger partial charge in [-0.1, -0.05) is 18.6 Å². The summed E-state index contributed by atoms with van der Waals surface area (Å²) in [5, 5.41) is 20.2. The van der Waals surface area contributed by atoms with Gasteiger partial charge in [-0.2, -0.15) is 0 Å². The number of benzene rings is 1. The van der Waals surface area contributed by atoms with Crippen LogP contribution in [-0.4, -0.2) is 60.8 Å². The van der Waals surface area contributed by atoms with Crippen molar-refractivity contribution < 1.29 is 5.11 Å². The highest BCUT2D eigenvalue weighted by Crippen LogP contribution is 2.39. The fourth-order valence-electron chi connectivity index (χ4n) is 6.45. The van der Waals surface area contributed by atoms with Crippen molar-refractivity contribution in [3.63, 3.8) is 0 Å². The number of aromatic hydroxyl groups is 1. The maximum absolute atomic E-state index is 10.3. The molecule has 0 radical (unpaired) electrons. The molecule has 1 saturated heterocycles. The molecule has 3 aliphatic rings. The van der Waals surface area contributed by atoms with E-state index in [-0.39, 0.29) is 11.8 Å². The van der Waals surface area contributed by atoms with Gasteiger partial charge in [-0.15, -0.1) is 10.2 Å². The Morgan fingerprint density at radius 3 is 2.49 bits per heavy atom. The first-order chi connectivity index (χ1) is 18.2. The fraction of sp³-hybridized carbons (Fsp3) is 0.448. The summed E-state index contributed by atoms with van der Waals surface area (Å²) in [6, 6.07) is 10.2. The molecule has 2 aliphatic heterocycles. The van der Waals surface area contributed by atoms with Crippen LogP contribution in [0.25, 0.3) is 22.3 Å². The van der Waals surface area contributed by atoms with Gasteiger partial charge in [-0.3, -0.25) is 0 Å². The molecule has 1 atom stereocenters. The summed E-state index contributed by atoms with van der Waals surface area (Å²) < 4.78 is 0. The largest absolute Gasteiger partial charge is 0.507 e. The van der Waals surface area contributed by atoms with Gasteiger partial charge in [0.05, 0.1) is 11.7 Å². The van der Waals surface area contributed by atoms with Crippen LogP contribution in [-0.2, 0) is 6.42 Å². The smallest absolute Gasteiger partial charge is 0.225 e. The molecule has 8 nitrogen and oxygen atoms in total. The zero-order valence-corrected chi connectivity index (χ0v) is 21.3. The topological polar surface area (TPSA) is 94.1 Å². The lowest BCUT2D eigenvalue weighted by atomic mass is 9.86. The Kier molecular flexibility index (Phi) is 5.57. The second-order valence-electron chi connectivity index (χ2n) is 10.9. The Morgan fingerprint density at radius 1 is 0.973 bits per heavy atom. The summed E-state index contributed by atoms with van der Waals surface area (Å²) >= 11 is 0. The monoisotopic (exact) mass is 495 g/mol. The lowest BCUT2D eigenvalue weighted by Gasteiger charge is -2.41. The van der Waals surface area contributed by atoms with Crippen LogP contribution in [0.2, 0.25) is 0 Å². The van der Waals surface area contributed by atoms with Crippen LogP contribution in [0.15, 0.2) is 42.7 Å². The Morgan fingerprint density at radius 2 is 1.76 bits per heavy atom. The molecular weight excluding hydrogens is 462 g/mol. The van der Waals surface area contributed by atoms with Gasteiger partial charge < -0.3 is 19.9 Å². The first-order valence-corrected chi connectivity index (χ1v) is 13.6. The van der Waals surface area contributed by atoms with Crippen LogP contribution in [0.4, 0.5) is 5.95 Å². The lowest BCUT2D eigenvalue weighted by Crippen LogP contribution is -2.44. The number of aromatic nitrogens is 5. The van der Waals surface area contributed by atoms with E-state index in [1.54, 1.807) is 6.07 Å². The summed E-state index contributed by atoms with van der Waals surface area (Å²) in [6.07, 6.45) is 11.6. The Hall–Kier alpha value is -3.52. The summed E-state index contributed by atoms with van der Waals surface area (Å²) in [5.74, 6) is 1.55. The van der Waals surface area contributed by atoms with Crippen LogP contribution in [0, 0.1) is 0 Å². The summed E-state index contributed by atoms with van der Waals surface area (Å²) in [6.45, 7) is 5.46. The van der Waals surface area contributed by atoms with Gasteiger partial charge >= 0.3 is 0 Å². The molecule has 5 heterocycles. The zero-order valence-electron chi connectivity index (χ0n) is 21.3. The van der Waals surface area contributed by atoms with Crippen molar-refractivity contribution in [1.29, 1.82) is 0 Å². The fourth-order valence-corrected chi connectivity index (χ4v) is 6.45. The predicted octanol–water partition coefficient (Wildman–Crippen LogP) is 4.98. The number of rotatable bonds is 4.